The maximum Gasteiger partial charge on any atom is 0.139 e. The fraction of sp³-hybridized carbons (Fsp3) is 0.250. The lowest BCUT2D eigenvalue weighted by atomic mass is 9.86. The molecule has 2 N–H and O–H groups in total. The Labute approximate surface area is 154 Å². The summed E-state index contributed by atoms with van der Waals surface area (Å²) in [6.07, 6.45) is 1.92. The van der Waals surface area contributed by atoms with Gasteiger partial charge in [0.1, 0.15) is 17.5 Å². The Morgan fingerprint density at radius 2 is 1.85 bits per heavy atom. The highest BCUT2D eigenvalue weighted by atomic mass is 32.1. The van der Waals surface area contributed by atoms with E-state index in [4.69, 9.17) is 12.2 Å². The normalized spacial score (nSPS) is 15.8. The average molecular weight is 374 g/mol. The average Bonchev–Trinajstić information content (AvgIpc) is 2.90. The van der Waals surface area contributed by atoms with Gasteiger partial charge in [-0.2, -0.15) is 0 Å². The highest BCUT2D eigenvalue weighted by molar-refractivity contribution is 7.80. The van der Waals surface area contributed by atoms with E-state index in [0.717, 1.165) is 11.6 Å². The first kappa shape index (κ1) is 17.1. The Balaban J connectivity index is 2.01. The van der Waals surface area contributed by atoms with Crippen molar-refractivity contribution >= 4 is 33.7 Å². The van der Waals surface area contributed by atoms with Crippen molar-refractivity contribution in [1.82, 2.24) is 4.98 Å². The van der Waals surface area contributed by atoms with Crippen LogP contribution in [0, 0.1) is 24.4 Å². The molecule has 6 heteroatoms. The molecule has 0 aliphatic carbocycles. The maximum absolute atomic E-state index is 15.3. The lowest BCUT2D eigenvalue weighted by molar-refractivity contribution is 0.577. The van der Waals surface area contributed by atoms with E-state index < -0.39 is 23.0 Å². The minimum atomic E-state index is -0.739. The molecule has 1 aliphatic rings. The molecular formula is C20H17F3N2S. The Bertz CT molecular complexity index is 1080. The van der Waals surface area contributed by atoms with E-state index >= 15 is 4.39 Å². The summed E-state index contributed by atoms with van der Waals surface area (Å²) < 4.78 is 44.3. The Kier molecular flexibility index (Phi) is 3.67. The van der Waals surface area contributed by atoms with Crippen LogP contribution in [-0.2, 0) is 6.42 Å². The number of halogens is 3. The quantitative estimate of drug-likeness (QED) is 0.537. The van der Waals surface area contributed by atoms with Crippen molar-refractivity contribution in [2.24, 2.45) is 0 Å². The number of rotatable bonds is 1. The molecule has 0 unspecified atom stereocenters. The van der Waals surface area contributed by atoms with E-state index in [1.165, 1.54) is 12.1 Å². The van der Waals surface area contributed by atoms with Crippen LogP contribution in [-0.4, -0.2) is 15.4 Å². The standard InChI is InChI=1S/C20H17F3N2S/c1-9-8-24-19-11(9)4-10(21)5-13(19)17-14(22)7-15-12(18(17)23)6-16(26)20(2,3)25-15/h4-5,7-8,24-25H,6H2,1-3H3. The molecule has 0 amide bonds. The second-order valence-electron chi connectivity index (χ2n) is 7.27. The fourth-order valence-corrected chi connectivity index (χ4v) is 3.70. The Hall–Kier alpha value is -2.34. The van der Waals surface area contributed by atoms with Gasteiger partial charge in [0, 0.05) is 39.7 Å². The molecule has 1 aliphatic heterocycles. The molecule has 3 aromatic rings. The third-order valence-corrected chi connectivity index (χ3v) is 5.69. The van der Waals surface area contributed by atoms with E-state index in [1.54, 1.807) is 6.20 Å². The van der Waals surface area contributed by atoms with Gasteiger partial charge in [-0.3, -0.25) is 0 Å². The van der Waals surface area contributed by atoms with E-state index in [1.807, 2.05) is 20.8 Å². The van der Waals surface area contributed by atoms with Gasteiger partial charge in [-0.05, 0) is 44.5 Å². The number of aromatic nitrogens is 1. The maximum atomic E-state index is 15.3. The minimum Gasteiger partial charge on any atom is -0.375 e. The van der Waals surface area contributed by atoms with Crippen LogP contribution >= 0.6 is 12.2 Å². The molecule has 4 rings (SSSR count). The van der Waals surface area contributed by atoms with Crippen LogP contribution in [0.5, 0.6) is 0 Å². The summed E-state index contributed by atoms with van der Waals surface area (Å²) in [5.74, 6) is -1.98. The van der Waals surface area contributed by atoms with E-state index in [2.05, 4.69) is 10.3 Å². The zero-order valence-corrected chi connectivity index (χ0v) is 15.4. The summed E-state index contributed by atoms with van der Waals surface area (Å²) in [6, 6.07) is 3.78. The summed E-state index contributed by atoms with van der Waals surface area (Å²) in [6.45, 7) is 5.56. The van der Waals surface area contributed by atoms with Crippen LogP contribution in [0.15, 0.2) is 24.4 Å². The summed E-state index contributed by atoms with van der Waals surface area (Å²) in [5.41, 5.74) is 1.42. The molecule has 0 spiro atoms. The van der Waals surface area contributed by atoms with Gasteiger partial charge >= 0.3 is 0 Å². The molecule has 1 aromatic heterocycles. The lowest BCUT2D eigenvalue weighted by Gasteiger charge is -2.35. The first-order chi connectivity index (χ1) is 12.2. The number of anilines is 1. The fourth-order valence-electron chi connectivity index (χ4n) is 3.51. The highest BCUT2D eigenvalue weighted by Gasteiger charge is 2.33. The van der Waals surface area contributed by atoms with Gasteiger partial charge in [-0.15, -0.1) is 0 Å². The predicted octanol–water partition coefficient (Wildman–Crippen LogP) is 5.68. The van der Waals surface area contributed by atoms with E-state index in [0.29, 0.717) is 27.0 Å². The summed E-state index contributed by atoms with van der Waals surface area (Å²) in [7, 11) is 0. The van der Waals surface area contributed by atoms with Crippen molar-refractivity contribution in [3.63, 3.8) is 0 Å². The summed E-state index contributed by atoms with van der Waals surface area (Å²) >= 11 is 5.38. The molecule has 2 aromatic carbocycles. The van der Waals surface area contributed by atoms with Crippen LogP contribution in [0.25, 0.3) is 22.0 Å². The zero-order chi connectivity index (χ0) is 18.8. The van der Waals surface area contributed by atoms with Gasteiger partial charge < -0.3 is 10.3 Å². The molecule has 0 saturated carbocycles. The van der Waals surface area contributed by atoms with Crippen molar-refractivity contribution in [3.05, 3.63) is 53.0 Å². The molecule has 0 saturated heterocycles. The molecular weight excluding hydrogens is 357 g/mol. The summed E-state index contributed by atoms with van der Waals surface area (Å²) in [4.78, 5) is 3.64. The molecule has 134 valence electrons. The highest BCUT2D eigenvalue weighted by Crippen LogP contribution is 2.40. The number of thiocarbonyl (C=S) groups is 1. The topological polar surface area (TPSA) is 27.8 Å². The monoisotopic (exact) mass is 374 g/mol. The van der Waals surface area contributed by atoms with Gasteiger partial charge in [0.25, 0.3) is 0 Å². The van der Waals surface area contributed by atoms with Gasteiger partial charge in [0.15, 0.2) is 0 Å². The second-order valence-corrected chi connectivity index (χ2v) is 7.76. The van der Waals surface area contributed by atoms with Gasteiger partial charge in [0.2, 0.25) is 0 Å². The second kappa shape index (κ2) is 5.58. The number of fused-ring (bicyclic) bond motifs is 2. The molecule has 0 atom stereocenters. The zero-order valence-electron chi connectivity index (χ0n) is 14.6. The number of hydrogen-bond donors (Lipinski definition) is 2. The molecule has 2 nitrogen and oxygen atoms in total. The van der Waals surface area contributed by atoms with E-state index in [9.17, 15) is 8.78 Å². The van der Waals surface area contributed by atoms with Crippen LogP contribution < -0.4 is 5.32 Å². The predicted molar refractivity (Wildman–Crippen MR) is 102 cm³/mol. The minimum absolute atomic E-state index is 0.168. The van der Waals surface area contributed by atoms with Gasteiger partial charge in [-0.1, -0.05) is 12.2 Å². The molecule has 0 radical (unpaired) electrons. The molecule has 2 heterocycles. The first-order valence-corrected chi connectivity index (χ1v) is 8.70. The van der Waals surface area contributed by atoms with Crippen LogP contribution in [0.4, 0.5) is 18.9 Å². The Morgan fingerprint density at radius 1 is 1.12 bits per heavy atom. The Morgan fingerprint density at radius 3 is 2.58 bits per heavy atom. The number of benzene rings is 2. The number of aryl methyl sites for hydroxylation is 1. The number of H-pyrrole nitrogens is 1. The van der Waals surface area contributed by atoms with Crippen molar-refractivity contribution < 1.29 is 13.2 Å². The van der Waals surface area contributed by atoms with Crippen molar-refractivity contribution in [1.29, 1.82) is 0 Å². The third-order valence-electron chi connectivity index (χ3n) is 5.03. The SMILES string of the molecule is Cc1c[nH]c2c(-c3c(F)cc4c(c3F)CC(=S)C(C)(C)N4)cc(F)cc12. The number of aromatic amines is 1. The van der Waals surface area contributed by atoms with Crippen molar-refractivity contribution in [2.45, 2.75) is 32.7 Å². The van der Waals surface area contributed by atoms with Gasteiger partial charge in [0.05, 0.1) is 16.6 Å². The molecule has 0 bridgehead atoms. The van der Waals surface area contributed by atoms with Gasteiger partial charge in [-0.25, -0.2) is 13.2 Å². The van der Waals surface area contributed by atoms with Crippen LogP contribution in [0.1, 0.15) is 25.0 Å². The smallest absolute Gasteiger partial charge is 0.139 e. The van der Waals surface area contributed by atoms with Crippen LogP contribution in [0.3, 0.4) is 0 Å². The largest absolute Gasteiger partial charge is 0.375 e. The van der Waals surface area contributed by atoms with Crippen molar-refractivity contribution in [2.75, 3.05) is 5.32 Å². The summed E-state index contributed by atoms with van der Waals surface area (Å²) in [5, 5.41) is 3.70. The molecule has 26 heavy (non-hydrogen) atoms. The first-order valence-electron chi connectivity index (χ1n) is 8.29. The molecule has 0 fully saturated rings. The van der Waals surface area contributed by atoms with Crippen molar-refractivity contribution in [3.8, 4) is 11.1 Å². The van der Waals surface area contributed by atoms with Crippen LogP contribution in [0.2, 0.25) is 0 Å². The number of nitrogens with one attached hydrogen (secondary N) is 2. The third kappa shape index (κ3) is 2.43. The lowest BCUT2D eigenvalue weighted by Crippen LogP contribution is -2.44. The van der Waals surface area contributed by atoms with E-state index in [-0.39, 0.29) is 17.5 Å². The number of hydrogen-bond acceptors (Lipinski definition) is 2.